The highest BCUT2D eigenvalue weighted by atomic mass is 16.4. The third-order valence-corrected chi connectivity index (χ3v) is 4.02. The molecule has 2 aromatic heterocycles. The molecule has 3 heterocycles. The molecule has 0 unspecified atom stereocenters. The highest BCUT2D eigenvalue weighted by Crippen LogP contribution is 2.32. The van der Waals surface area contributed by atoms with E-state index in [0.29, 0.717) is 5.76 Å². The summed E-state index contributed by atoms with van der Waals surface area (Å²) in [5, 5.41) is 11.4. The molecule has 0 saturated carbocycles. The Kier molecular flexibility index (Phi) is 3.12. The fourth-order valence-corrected chi connectivity index (χ4v) is 2.73. The molecule has 8 heteroatoms. The normalized spacial score (nSPS) is 17.8. The fourth-order valence-electron chi connectivity index (χ4n) is 2.73. The van der Waals surface area contributed by atoms with E-state index >= 15 is 0 Å². The van der Waals surface area contributed by atoms with Gasteiger partial charge >= 0.3 is 6.03 Å². The molecule has 1 aliphatic rings. The van der Waals surface area contributed by atoms with Crippen molar-refractivity contribution in [2.75, 3.05) is 0 Å². The molecular formula is C16H14N4O4. The standard InChI is InChI=1S/C16H14N4O4/c1-8-10-5-3-4-6-11(10)23-13(8)14-19-18-12(24-14)7-20-15(21)9(2)17-16(20)22/h3-6,9H,7H2,1-2H3,(H,17,22)/t9-/m1/s1. The quantitative estimate of drug-likeness (QED) is 0.741. The number of urea groups is 1. The Balaban J connectivity index is 1.64. The first-order valence-electron chi connectivity index (χ1n) is 7.47. The summed E-state index contributed by atoms with van der Waals surface area (Å²) in [7, 11) is 0. The molecule has 1 N–H and O–H groups in total. The zero-order valence-corrected chi connectivity index (χ0v) is 13.1. The van der Waals surface area contributed by atoms with Crippen molar-refractivity contribution in [1.82, 2.24) is 20.4 Å². The van der Waals surface area contributed by atoms with Crippen molar-refractivity contribution in [2.24, 2.45) is 0 Å². The van der Waals surface area contributed by atoms with Crippen LogP contribution in [0.5, 0.6) is 0 Å². The van der Waals surface area contributed by atoms with Crippen molar-refractivity contribution in [3.8, 4) is 11.7 Å². The van der Waals surface area contributed by atoms with Gasteiger partial charge in [0.1, 0.15) is 18.2 Å². The molecule has 0 spiro atoms. The Labute approximate surface area is 136 Å². The van der Waals surface area contributed by atoms with Crippen LogP contribution in [0.15, 0.2) is 33.1 Å². The molecule has 1 aromatic carbocycles. The Morgan fingerprint density at radius 2 is 2.00 bits per heavy atom. The van der Waals surface area contributed by atoms with Gasteiger partial charge in [0.15, 0.2) is 5.76 Å². The van der Waals surface area contributed by atoms with E-state index in [1.165, 1.54) is 0 Å². The zero-order chi connectivity index (χ0) is 16.8. The number of carbonyl (C=O) groups is 2. The lowest BCUT2D eigenvalue weighted by atomic mass is 10.1. The van der Waals surface area contributed by atoms with Gasteiger partial charge in [0, 0.05) is 10.9 Å². The highest BCUT2D eigenvalue weighted by Gasteiger charge is 2.36. The van der Waals surface area contributed by atoms with Gasteiger partial charge in [-0.25, -0.2) is 4.79 Å². The minimum absolute atomic E-state index is 0.0682. The Morgan fingerprint density at radius 1 is 1.21 bits per heavy atom. The first-order chi connectivity index (χ1) is 11.5. The van der Waals surface area contributed by atoms with E-state index in [0.717, 1.165) is 21.4 Å². The number of nitrogens with one attached hydrogen (secondary N) is 1. The van der Waals surface area contributed by atoms with Gasteiger partial charge in [-0.2, -0.15) is 0 Å². The minimum Gasteiger partial charge on any atom is -0.451 e. The molecule has 1 fully saturated rings. The van der Waals surface area contributed by atoms with E-state index in [2.05, 4.69) is 15.5 Å². The number of nitrogens with zero attached hydrogens (tertiary/aromatic N) is 3. The van der Waals surface area contributed by atoms with Gasteiger partial charge in [-0.3, -0.25) is 9.69 Å². The molecule has 1 saturated heterocycles. The van der Waals surface area contributed by atoms with Crippen LogP contribution in [0.25, 0.3) is 22.6 Å². The Hall–Kier alpha value is -3.16. The van der Waals surface area contributed by atoms with Crippen LogP contribution < -0.4 is 5.32 Å². The van der Waals surface area contributed by atoms with Crippen LogP contribution in [-0.4, -0.2) is 33.1 Å². The number of hydrogen-bond acceptors (Lipinski definition) is 6. The van der Waals surface area contributed by atoms with Gasteiger partial charge in [-0.1, -0.05) is 18.2 Å². The van der Waals surface area contributed by atoms with Crippen LogP contribution in [0.1, 0.15) is 18.4 Å². The molecule has 0 aliphatic carbocycles. The summed E-state index contributed by atoms with van der Waals surface area (Å²) in [6, 6.07) is 6.60. The number of benzene rings is 1. The van der Waals surface area contributed by atoms with Crippen LogP contribution in [0.2, 0.25) is 0 Å². The fraction of sp³-hybridized carbons (Fsp3) is 0.250. The maximum atomic E-state index is 11.9. The third kappa shape index (κ3) is 2.15. The number of aromatic nitrogens is 2. The van der Waals surface area contributed by atoms with E-state index in [1.807, 2.05) is 31.2 Å². The average molecular weight is 326 g/mol. The summed E-state index contributed by atoms with van der Waals surface area (Å²) in [6.07, 6.45) is 0. The molecule has 24 heavy (non-hydrogen) atoms. The van der Waals surface area contributed by atoms with E-state index < -0.39 is 12.1 Å². The van der Waals surface area contributed by atoms with Crippen molar-refractivity contribution in [3.63, 3.8) is 0 Å². The summed E-state index contributed by atoms with van der Waals surface area (Å²) in [5.74, 6) is 0.557. The van der Waals surface area contributed by atoms with E-state index in [9.17, 15) is 9.59 Å². The topological polar surface area (TPSA) is 101 Å². The second-order valence-corrected chi connectivity index (χ2v) is 5.65. The summed E-state index contributed by atoms with van der Waals surface area (Å²) in [4.78, 5) is 24.7. The van der Waals surface area contributed by atoms with Gasteiger partial charge in [0.05, 0.1) is 0 Å². The number of rotatable bonds is 3. The number of hydrogen-bond donors (Lipinski definition) is 1. The molecule has 3 aromatic rings. The summed E-state index contributed by atoms with van der Waals surface area (Å²) >= 11 is 0. The molecule has 8 nitrogen and oxygen atoms in total. The summed E-state index contributed by atoms with van der Waals surface area (Å²) < 4.78 is 11.4. The number of para-hydroxylation sites is 1. The lowest BCUT2D eigenvalue weighted by Gasteiger charge is -2.08. The number of imide groups is 1. The molecule has 1 aliphatic heterocycles. The second-order valence-electron chi connectivity index (χ2n) is 5.65. The predicted octanol–water partition coefficient (Wildman–Crippen LogP) is 2.23. The molecule has 1 atom stereocenters. The first kappa shape index (κ1) is 14.4. The minimum atomic E-state index is -0.544. The zero-order valence-electron chi connectivity index (χ0n) is 13.1. The van der Waals surface area contributed by atoms with Crippen molar-refractivity contribution < 1.29 is 18.4 Å². The van der Waals surface area contributed by atoms with E-state index in [-0.39, 0.29) is 24.2 Å². The SMILES string of the molecule is Cc1c(-c2nnc(CN3C(=O)N[C@H](C)C3=O)o2)oc2ccccc12. The molecular weight excluding hydrogens is 312 g/mol. The number of carbonyl (C=O) groups excluding carboxylic acids is 2. The van der Waals surface area contributed by atoms with E-state index in [1.54, 1.807) is 6.92 Å². The molecule has 0 bridgehead atoms. The van der Waals surface area contributed by atoms with Crippen LogP contribution in [-0.2, 0) is 11.3 Å². The maximum absolute atomic E-state index is 11.9. The largest absolute Gasteiger partial charge is 0.451 e. The number of amides is 3. The lowest BCUT2D eigenvalue weighted by molar-refractivity contribution is -0.127. The summed E-state index contributed by atoms with van der Waals surface area (Å²) in [5.41, 5.74) is 1.62. The number of fused-ring (bicyclic) bond motifs is 1. The third-order valence-electron chi connectivity index (χ3n) is 4.02. The van der Waals surface area contributed by atoms with Crippen LogP contribution in [0, 0.1) is 6.92 Å². The van der Waals surface area contributed by atoms with Crippen LogP contribution >= 0.6 is 0 Å². The van der Waals surface area contributed by atoms with Gasteiger partial charge in [-0.15, -0.1) is 10.2 Å². The Bertz CT molecular complexity index is 958. The summed E-state index contributed by atoms with van der Waals surface area (Å²) in [6.45, 7) is 3.46. The van der Waals surface area contributed by atoms with Gasteiger partial charge in [-0.05, 0) is 19.9 Å². The van der Waals surface area contributed by atoms with Crippen LogP contribution in [0.4, 0.5) is 4.79 Å². The molecule has 122 valence electrons. The molecule has 3 amide bonds. The van der Waals surface area contributed by atoms with Crippen molar-refractivity contribution in [1.29, 1.82) is 0 Å². The van der Waals surface area contributed by atoms with Crippen molar-refractivity contribution in [2.45, 2.75) is 26.4 Å². The van der Waals surface area contributed by atoms with Crippen LogP contribution in [0.3, 0.4) is 0 Å². The van der Waals surface area contributed by atoms with Gasteiger partial charge in [0.2, 0.25) is 5.89 Å². The first-order valence-corrected chi connectivity index (χ1v) is 7.47. The van der Waals surface area contributed by atoms with Gasteiger partial charge in [0.25, 0.3) is 11.8 Å². The smallest absolute Gasteiger partial charge is 0.325 e. The average Bonchev–Trinajstić information content (AvgIpc) is 3.22. The van der Waals surface area contributed by atoms with Crippen molar-refractivity contribution >= 4 is 22.9 Å². The lowest BCUT2D eigenvalue weighted by Crippen LogP contribution is -2.30. The van der Waals surface area contributed by atoms with E-state index in [4.69, 9.17) is 8.83 Å². The maximum Gasteiger partial charge on any atom is 0.325 e. The molecule has 4 rings (SSSR count). The highest BCUT2D eigenvalue weighted by molar-refractivity contribution is 6.03. The van der Waals surface area contributed by atoms with Gasteiger partial charge < -0.3 is 14.2 Å². The number of furan rings is 1. The second kappa shape index (κ2) is 5.19. The predicted molar refractivity (Wildman–Crippen MR) is 82.8 cm³/mol. The number of aryl methyl sites for hydroxylation is 1. The monoisotopic (exact) mass is 326 g/mol. The van der Waals surface area contributed by atoms with Crippen molar-refractivity contribution in [3.05, 3.63) is 35.7 Å². The Morgan fingerprint density at radius 3 is 2.71 bits per heavy atom. The molecule has 0 radical (unpaired) electrons.